The van der Waals surface area contributed by atoms with E-state index in [4.69, 9.17) is 9.47 Å². The molecule has 3 aliphatic rings. The smallest absolute Gasteiger partial charge is 0.248 e. The number of carbonyl (C=O) groups excluding carboxylic acids is 3. The lowest BCUT2D eigenvalue weighted by Crippen LogP contribution is -2.59. The summed E-state index contributed by atoms with van der Waals surface area (Å²) in [5, 5.41) is 10.6. The topological polar surface area (TPSA) is 99.6 Å². The number of aliphatic hydroxyl groups excluding tert-OH is 1. The Labute approximate surface area is 269 Å². The first-order valence-corrected chi connectivity index (χ1v) is 16.6. The van der Waals surface area contributed by atoms with Crippen molar-refractivity contribution in [3.8, 4) is 5.75 Å². The van der Waals surface area contributed by atoms with Crippen LogP contribution < -0.4 is 9.64 Å². The molecule has 3 heterocycles. The molecule has 9 heteroatoms. The van der Waals surface area contributed by atoms with Crippen LogP contribution in [0.15, 0.2) is 49.6 Å². The van der Waals surface area contributed by atoms with Crippen LogP contribution in [0.5, 0.6) is 5.75 Å². The summed E-state index contributed by atoms with van der Waals surface area (Å²) >= 11 is 0. The number of aliphatic hydroxyl groups is 1. The van der Waals surface area contributed by atoms with E-state index in [0.717, 1.165) is 12.8 Å². The van der Waals surface area contributed by atoms with E-state index in [0.29, 0.717) is 44.0 Å². The number of likely N-dealkylation sites (tertiary alicyclic amines) is 1. The van der Waals surface area contributed by atoms with Crippen molar-refractivity contribution in [1.29, 1.82) is 0 Å². The summed E-state index contributed by atoms with van der Waals surface area (Å²) < 4.78 is 12.6. The van der Waals surface area contributed by atoms with E-state index in [9.17, 15) is 19.5 Å². The highest BCUT2D eigenvalue weighted by Gasteiger charge is 2.80. The number of rotatable bonds is 16. The van der Waals surface area contributed by atoms with E-state index in [1.807, 2.05) is 58.9 Å². The van der Waals surface area contributed by atoms with Gasteiger partial charge in [0.25, 0.3) is 0 Å². The molecule has 7 atom stereocenters. The van der Waals surface area contributed by atoms with Gasteiger partial charge in [0.1, 0.15) is 17.4 Å². The number of anilines is 1. The molecule has 1 aromatic carbocycles. The van der Waals surface area contributed by atoms with Crippen LogP contribution in [0.1, 0.15) is 67.2 Å². The lowest BCUT2D eigenvalue weighted by molar-refractivity contribution is -0.155. The van der Waals surface area contributed by atoms with Crippen molar-refractivity contribution in [3.05, 3.63) is 49.6 Å². The number of amides is 3. The Morgan fingerprint density at radius 1 is 1.16 bits per heavy atom. The first kappa shape index (κ1) is 34.7. The maximum absolute atomic E-state index is 14.8. The molecule has 4 rings (SSSR count). The summed E-state index contributed by atoms with van der Waals surface area (Å²) in [5.41, 5.74) is -1.50. The Hall–Kier alpha value is -3.17. The minimum absolute atomic E-state index is 0.0992. The second-order valence-corrected chi connectivity index (χ2v) is 13.5. The van der Waals surface area contributed by atoms with E-state index < -0.39 is 35.1 Å². The van der Waals surface area contributed by atoms with Crippen LogP contribution in [0.4, 0.5) is 5.69 Å². The molecular weight excluding hydrogens is 570 g/mol. The van der Waals surface area contributed by atoms with Gasteiger partial charge in [-0.05, 0) is 69.2 Å². The van der Waals surface area contributed by atoms with Crippen LogP contribution in [0.2, 0.25) is 0 Å². The van der Waals surface area contributed by atoms with Crippen molar-refractivity contribution in [3.63, 3.8) is 0 Å². The van der Waals surface area contributed by atoms with Crippen LogP contribution in [0, 0.1) is 23.7 Å². The van der Waals surface area contributed by atoms with Crippen LogP contribution in [0.3, 0.4) is 0 Å². The van der Waals surface area contributed by atoms with Crippen LogP contribution in [-0.2, 0) is 19.1 Å². The van der Waals surface area contributed by atoms with Crippen molar-refractivity contribution < 1.29 is 29.0 Å². The maximum atomic E-state index is 14.8. The molecule has 3 unspecified atom stereocenters. The lowest BCUT2D eigenvalue weighted by atomic mass is 9.62. The van der Waals surface area contributed by atoms with Gasteiger partial charge >= 0.3 is 0 Å². The molecule has 1 N–H and O–H groups in total. The quantitative estimate of drug-likeness (QED) is 0.265. The third-order valence-electron chi connectivity index (χ3n) is 10.1. The Bertz CT molecular complexity index is 1250. The van der Waals surface area contributed by atoms with Gasteiger partial charge in [-0.1, -0.05) is 46.3 Å². The van der Waals surface area contributed by atoms with Crippen molar-refractivity contribution in [2.75, 3.05) is 37.7 Å². The fraction of sp³-hybridized carbons (Fsp3) is 0.639. The molecule has 9 nitrogen and oxygen atoms in total. The van der Waals surface area contributed by atoms with E-state index in [-0.39, 0.29) is 42.7 Å². The minimum Gasteiger partial charge on any atom is -0.494 e. The second-order valence-electron chi connectivity index (χ2n) is 13.5. The van der Waals surface area contributed by atoms with Gasteiger partial charge in [-0.25, -0.2) is 0 Å². The molecule has 0 aliphatic carbocycles. The van der Waals surface area contributed by atoms with Crippen LogP contribution in [0.25, 0.3) is 0 Å². The SMILES string of the molecule is C=CCN(CCCC)C(=O)C1N([C@@H](CO)CC(C)C)C(=O)[C@@H]2[C@H](C(=O)N(CC=C)c3ccc(OCC)cc3)[C@@]3(C)OC12CC3C. The molecule has 0 radical (unpaired) electrons. The standard InChI is InChI=1S/C36H53N3O6/c1-9-13-20-37(18-10-2)34(43)31-36-22-25(7)35(8,45-36)29(30(36)33(42)39(31)27(23-40)21-24(5)6)32(41)38(19-11-3)26-14-16-28(17-15-26)44-12-4/h10-11,14-17,24-25,27,29-31,40H,2-3,9,12-13,18-23H2,1,4-8H3/t25?,27-,29-,30+,31?,35+,36?/m1/s1. The highest BCUT2D eigenvalue weighted by atomic mass is 16.5. The first-order chi connectivity index (χ1) is 21.4. The van der Waals surface area contributed by atoms with Gasteiger partial charge < -0.3 is 29.3 Å². The van der Waals surface area contributed by atoms with Gasteiger partial charge in [0.2, 0.25) is 17.7 Å². The van der Waals surface area contributed by atoms with Crippen molar-refractivity contribution >= 4 is 23.4 Å². The van der Waals surface area contributed by atoms with Crippen molar-refractivity contribution in [2.24, 2.45) is 23.7 Å². The molecule has 3 fully saturated rings. The zero-order valence-corrected chi connectivity index (χ0v) is 28.0. The zero-order valence-electron chi connectivity index (χ0n) is 28.0. The molecule has 1 spiro atoms. The highest BCUT2D eigenvalue weighted by molar-refractivity contribution is 6.03. The Balaban J connectivity index is 1.84. The number of benzene rings is 1. The lowest BCUT2D eigenvalue weighted by Gasteiger charge is -2.40. The number of hydrogen-bond donors (Lipinski definition) is 1. The number of hydrogen-bond acceptors (Lipinski definition) is 6. The number of fused-ring (bicyclic) bond motifs is 1. The zero-order chi connectivity index (χ0) is 33.1. The van der Waals surface area contributed by atoms with Crippen molar-refractivity contribution in [2.45, 2.75) is 90.5 Å². The van der Waals surface area contributed by atoms with Gasteiger partial charge in [0.05, 0.1) is 36.7 Å². The predicted molar refractivity (Wildman–Crippen MR) is 176 cm³/mol. The molecule has 0 aromatic heterocycles. The maximum Gasteiger partial charge on any atom is 0.248 e. The summed E-state index contributed by atoms with van der Waals surface area (Å²) in [6.45, 7) is 21.2. The third-order valence-corrected chi connectivity index (χ3v) is 10.1. The van der Waals surface area contributed by atoms with Gasteiger partial charge in [-0.15, -0.1) is 13.2 Å². The fourth-order valence-corrected chi connectivity index (χ4v) is 8.02. The van der Waals surface area contributed by atoms with Crippen LogP contribution >= 0.6 is 0 Å². The third kappa shape index (κ3) is 6.06. The van der Waals surface area contributed by atoms with Gasteiger partial charge in [0, 0.05) is 25.3 Å². The summed E-state index contributed by atoms with van der Waals surface area (Å²) in [6, 6.07) is 5.78. The van der Waals surface area contributed by atoms with Crippen molar-refractivity contribution in [1.82, 2.24) is 9.80 Å². The number of nitrogens with zero attached hydrogens (tertiary/aromatic N) is 3. The largest absolute Gasteiger partial charge is 0.494 e. The van der Waals surface area contributed by atoms with Gasteiger partial charge in [-0.2, -0.15) is 0 Å². The first-order valence-electron chi connectivity index (χ1n) is 16.6. The van der Waals surface area contributed by atoms with E-state index in [2.05, 4.69) is 20.1 Å². The minimum atomic E-state index is -1.20. The van der Waals surface area contributed by atoms with E-state index in [1.54, 1.807) is 26.9 Å². The molecule has 45 heavy (non-hydrogen) atoms. The summed E-state index contributed by atoms with van der Waals surface area (Å²) in [4.78, 5) is 49.3. The molecule has 3 saturated heterocycles. The molecule has 3 aliphatic heterocycles. The normalized spacial score (nSPS) is 29.1. The number of carbonyl (C=O) groups is 3. The molecule has 1 aromatic rings. The average Bonchev–Trinajstić information content (AvgIpc) is 3.53. The highest BCUT2D eigenvalue weighted by Crippen LogP contribution is 2.66. The number of ether oxygens (including phenoxy) is 2. The van der Waals surface area contributed by atoms with Crippen LogP contribution in [-0.4, -0.2) is 88.8 Å². The average molecular weight is 624 g/mol. The van der Waals surface area contributed by atoms with Gasteiger partial charge in [0.15, 0.2) is 0 Å². The van der Waals surface area contributed by atoms with E-state index in [1.165, 1.54) is 0 Å². The number of unbranched alkanes of at least 4 members (excludes halogenated alkanes) is 1. The molecule has 0 saturated carbocycles. The molecule has 3 amide bonds. The molecule has 248 valence electrons. The predicted octanol–water partition coefficient (Wildman–Crippen LogP) is 4.84. The summed E-state index contributed by atoms with van der Waals surface area (Å²) in [6.07, 6.45) is 6.07. The monoisotopic (exact) mass is 623 g/mol. The Morgan fingerprint density at radius 2 is 1.82 bits per heavy atom. The molecule has 2 bridgehead atoms. The summed E-state index contributed by atoms with van der Waals surface area (Å²) in [7, 11) is 0. The Kier molecular flexibility index (Phi) is 10.9. The fourth-order valence-electron chi connectivity index (χ4n) is 8.02. The van der Waals surface area contributed by atoms with Gasteiger partial charge in [-0.3, -0.25) is 14.4 Å². The summed E-state index contributed by atoms with van der Waals surface area (Å²) in [5.74, 6) is -1.66. The Morgan fingerprint density at radius 3 is 2.38 bits per heavy atom. The van der Waals surface area contributed by atoms with E-state index >= 15 is 0 Å². The second kappa shape index (κ2) is 14.1. The molecular formula is C36H53N3O6.